The van der Waals surface area contributed by atoms with Crippen molar-refractivity contribution in [2.45, 2.75) is 5.03 Å². The van der Waals surface area contributed by atoms with E-state index in [1.807, 2.05) is 5.38 Å². The number of thioether (sulfide) groups is 1. The Kier molecular flexibility index (Phi) is 6.01. The minimum absolute atomic E-state index is 0.0554. The molecule has 0 bridgehead atoms. The molecular formula is C21H15FN4O2S2. The van der Waals surface area contributed by atoms with Gasteiger partial charge in [-0.15, -0.1) is 11.3 Å². The molecule has 9 heteroatoms. The van der Waals surface area contributed by atoms with Crippen molar-refractivity contribution in [3.8, 4) is 11.1 Å². The molecule has 0 aliphatic heterocycles. The van der Waals surface area contributed by atoms with Crippen molar-refractivity contribution in [3.05, 3.63) is 77.7 Å². The van der Waals surface area contributed by atoms with Gasteiger partial charge in [0.05, 0.1) is 11.1 Å². The third-order valence-corrected chi connectivity index (χ3v) is 6.06. The number of hydrogen-bond donors (Lipinski definition) is 2. The highest BCUT2D eigenvalue weighted by atomic mass is 32.2. The van der Waals surface area contributed by atoms with Crippen LogP contribution in [-0.2, 0) is 4.79 Å². The molecule has 150 valence electrons. The minimum atomic E-state index is -0.394. The van der Waals surface area contributed by atoms with E-state index in [9.17, 15) is 14.0 Å². The molecule has 2 N–H and O–H groups in total. The van der Waals surface area contributed by atoms with Gasteiger partial charge in [-0.2, -0.15) is 0 Å². The maximum atomic E-state index is 13.3. The van der Waals surface area contributed by atoms with E-state index in [0.29, 0.717) is 10.6 Å². The lowest BCUT2D eigenvalue weighted by molar-refractivity contribution is -0.119. The summed E-state index contributed by atoms with van der Waals surface area (Å²) in [5, 5.41) is 3.40. The van der Waals surface area contributed by atoms with Crippen LogP contribution in [0.5, 0.6) is 0 Å². The summed E-state index contributed by atoms with van der Waals surface area (Å²) < 4.78 is 13.3. The number of carbonyl (C=O) groups is 2. The largest absolute Gasteiger partial charge is 0.272 e. The van der Waals surface area contributed by atoms with Crippen LogP contribution >= 0.6 is 23.1 Å². The molecule has 4 aromatic rings. The predicted molar refractivity (Wildman–Crippen MR) is 116 cm³/mol. The molecule has 0 atom stereocenters. The number of amides is 2. The fourth-order valence-electron chi connectivity index (χ4n) is 2.76. The van der Waals surface area contributed by atoms with Crippen molar-refractivity contribution in [2.24, 2.45) is 0 Å². The Hall–Kier alpha value is -3.30. The van der Waals surface area contributed by atoms with Crippen LogP contribution in [0.1, 0.15) is 10.4 Å². The number of fused-ring (bicyclic) bond motifs is 1. The summed E-state index contributed by atoms with van der Waals surface area (Å²) in [6.45, 7) is 0. The van der Waals surface area contributed by atoms with Crippen molar-refractivity contribution >= 4 is 45.1 Å². The summed E-state index contributed by atoms with van der Waals surface area (Å²) >= 11 is 2.70. The van der Waals surface area contributed by atoms with E-state index in [2.05, 4.69) is 20.8 Å². The summed E-state index contributed by atoms with van der Waals surface area (Å²) in [6.07, 6.45) is 1.45. The number of nitrogens with zero attached hydrogens (tertiary/aromatic N) is 2. The number of nitrogens with one attached hydrogen (secondary N) is 2. The molecule has 0 unspecified atom stereocenters. The first-order valence-electron chi connectivity index (χ1n) is 8.87. The number of hydrazine groups is 1. The van der Waals surface area contributed by atoms with Gasteiger partial charge in [-0.3, -0.25) is 20.4 Å². The minimum Gasteiger partial charge on any atom is -0.272 e. The maximum Gasteiger partial charge on any atom is 0.269 e. The quantitative estimate of drug-likeness (QED) is 0.279. The summed E-state index contributed by atoms with van der Waals surface area (Å²) in [5.74, 6) is -1.01. The molecule has 30 heavy (non-hydrogen) atoms. The molecule has 2 heterocycles. The highest BCUT2D eigenvalue weighted by Gasteiger charge is 2.15. The average molecular weight is 439 g/mol. The van der Waals surface area contributed by atoms with E-state index in [4.69, 9.17) is 0 Å². The van der Waals surface area contributed by atoms with Gasteiger partial charge in [-0.25, -0.2) is 14.4 Å². The summed E-state index contributed by atoms with van der Waals surface area (Å²) in [5.41, 5.74) is 6.98. The van der Waals surface area contributed by atoms with E-state index >= 15 is 0 Å². The monoisotopic (exact) mass is 438 g/mol. The normalized spacial score (nSPS) is 10.7. The van der Waals surface area contributed by atoms with Crippen LogP contribution in [0.3, 0.4) is 0 Å². The second-order valence-electron chi connectivity index (χ2n) is 6.17. The molecule has 2 aromatic carbocycles. The number of halogens is 1. The fraction of sp³-hybridized carbons (Fsp3) is 0.0476. The Bertz CT molecular complexity index is 1200. The van der Waals surface area contributed by atoms with Crippen LogP contribution in [0, 0.1) is 5.82 Å². The van der Waals surface area contributed by atoms with Crippen molar-refractivity contribution in [3.63, 3.8) is 0 Å². The predicted octanol–water partition coefficient (Wildman–Crippen LogP) is 4.05. The van der Waals surface area contributed by atoms with Gasteiger partial charge in [0.15, 0.2) is 0 Å². The highest BCUT2D eigenvalue weighted by Crippen LogP contribution is 2.37. The zero-order chi connectivity index (χ0) is 20.9. The van der Waals surface area contributed by atoms with E-state index in [1.165, 1.54) is 41.6 Å². The van der Waals surface area contributed by atoms with E-state index in [1.54, 1.807) is 42.5 Å². The fourth-order valence-corrected chi connectivity index (χ4v) is 4.55. The van der Waals surface area contributed by atoms with Gasteiger partial charge in [0.2, 0.25) is 5.91 Å². The van der Waals surface area contributed by atoms with Gasteiger partial charge in [0.25, 0.3) is 5.91 Å². The van der Waals surface area contributed by atoms with Gasteiger partial charge < -0.3 is 0 Å². The van der Waals surface area contributed by atoms with Gasteiger partial charge in [0, 0.05) is 16.5 Å². The highest BCUT2D eigenvalue weighted by molar-refractivity contribution is 8.00. The Balaban J connectivity index is 1.45. The second-order valence-corrected chi connectivity index (χ2v) is 7.99. The number of carbonyl (C=O) groups excluding carboxylic acids is 2. The first kappa shape index (κ1) is 20.0. The van der Waals surface area contributed by atoms with Gasteiger partial charge in [0.1, 0.15) is 22.0 Å². The van der Waals surface area contributed by atoms with E-state index in [-0.39, 0.29) is 17.5 Å². The number of aromatic nitrogens is 2. The van der Waals surface area contributed by atoms with Gasteiger partial charge in [-0.05, 0) is 29.8 Å². The second kappa shape index (κ2) is 9.02. The summed E-state index contributed by atoms with van der Waals surface area (Å²) in [6, 6.07) is 14.8. The molecule has 0 aliphatic carbocycles. The number of hydrogen-bond acceptors (Lipinski definition) is 6. The summed E-state index contributed by atoms with van der Waals surface area (Å²) in [4.78, 5) is 33.6. The zero-order valence-electron chi connectivity index (χ0n) is 15.5. The topological polar surface area (TPSA) is 84.0 Å². The van der Waals surface area contributed by atoms with Crippen molar-refractivity contribution in [2.75, 3.05) is 5.75 Å². The Morgan fingerprint density at radius 2 is 1.77 bits per heavy atom. The van der Waals surface area contributed by atoms with Crippen molar-refractivity contribution in [1.29, 1.82) is 0 Å². The Morgan fingerprint density at radius 3 is 2.53 bits per heavy atom. The molecule has 4 rings (SSSR count). The lowest BCUT2D eigenvalue weighted by Crippen LogP contribution is -2.42. The maximum absolute atomic E-state index is 13.3. The molecular weight excluding hydrogens is 423 g/mol. The number of thiophene rings is 1. The SMILES string of the molecule is O=C(CSc1ncnc2scc(-c3ccc(F)cc3)c12)NNC(=O)c1ccccc1. The molecule has 2 amide bonds. The Labute approximate surface area is 179 Å². The van der Waals surface area contributed by atoms with Gasteiger partial charge >= 0.3 is 0 Å². The van der Waals surface area contributed by atoms with Crippen LogP contribution in [0.4, 0.5) is 4.39 Å². The van der Waals surface area contributed by atoms with Crippen LogP contribution in [0.15, 0.2) is 71.3 Å². The molecule has 0 radical (unpaired) electrons. The van der Waals surface area contributed by atoms with Crippen molar-refractivity contribution in [1.82, 2.24) is 20.8 Å². The zero-order valence-corrected chi connectivity index (χ0v) is 17.1. The lowest BCUT2D eigenvalue weighted by atomic mass is 10.1. The van der Waals surface area contributed by atoms with Crippen LogP contribution < -0.4 is 10.9 Å². The first-order chi connectivity index (χ1) is 14.6. The van der Waals surface area contributed by atoms with Crippen molar-refractivity contribution < 1.29 is 14.0 Å². The molecule has 0 spiro atoms. The van der Waals surface area contributed by atoms with Crippen LogP contribution in [0.25, 0.3) is 21.3 Å². The van der Waals surface area contributed by atoms with E-state index < -0.39 is 5.91 Å². The molecule has 0 aliphatic rings. The molecule has 0 saturated carbocycles. The standard InChI is InChI=1S/C21H15FN4O2S2/c22-15-8-6-13(7-9-15)16-10-29-20-18(16)21(24-12-23-20)30-11-17(27)25-26-19(28)14-4-2-1-3-5-14/h1-10,12H,11H2,(H,25,27)(H,26,28). The smallest absolute Gasteiger partial charge is 0.269 e. The molecule has 0 saturated heterocycles. The Morgan fingerprint density at radius 1 is 1.00 bits per heavy atom. The van der Waals surface area contributed by atoms with E-state index in [0.717, 1.165) is 21.3 Å². The molecule has 0 fully saturated rings. The van der Waals surface area contributed by atoms with Crippen LogP contribution in [-0.4, -0.2) is 27.5 Å². The first-order valence-corrected chi connectivity index (χ1v) is 10.7. The number of benzene rings is 2. The summed E-state index contributed by atoms with van der Waals surface area (Å²) in [7, 11) is 0. The van der Waals surface area contributed by atoms with Gasteiger partial charge in [-0.1, -0.05) is 42.1 Å². The third kappa shape index (κ3) is 4.47. The molecule has 2 aromatic heterocycles. The number of rotatable bonds is 5. The molecule has 6 nitrogen and oxygen atoms in total. The van der Waals surface area contributed by atoms with Crippen LogP contribution in [0.2, 0.25) is 0 Å². The third-order valence-electron chi connectivity index (χ3n) is 4.18. The average Bonchev–Trinajstić information content (AvgIpc) is 3.22. The lowest BCUT2D eigenvalue weighted by Gasteiger charge is -2.08.